The molecule has 0 saturated heterocycles. The minimum Gasteiger partial charge on any atom is -0.396 e. The van der Waals surface area contributed by atoms with Crippen molar-refractivity contribution >= 4 is 0 Å². The molecule has 0 unspecified atom stereocenters. The molecule has 5 aliphatic carbocycles. The Kier molecular flexibility index (Phi) is 5.17. The zero-order valence-electron chi connectivity index (χ0n) is 22.3. The predicted octanol–water partition coefficient (Wildman–Crippen LogP) is 7.22. The summed E-state index contributed by atoms with van der Waals surface area (Å²) in [6.07, 6.45) is 13.8. The number of hydrogen-bond acceptors (Lipinski definition) is 2. The maximum atomic E-state index is 10.9. The standard InChI is InChI=1S/C30H52O2/c1-25(2)16-17-30(19-31)15-10-22-28(6)12-8-20-26(3,4)24(32)11-14-27(20,5)21(28)9-13-29(22,7)23(30)18-25/h20-24,31-32H,8-19H2,1-7H3/t20-,21+,22+,23+,24+,27+,28-,29-,30+/m1/s1. The van der Waals surface area contributed by atoms with E-state index in [0.29, 0.717) is 40.1 Å². The molecule has 0 aliphatic heterocycles. The summed E-state index contributed by atoms with van der Waals surface area (Å²) in [7, 11) is 0. The molecule has 2 nitrogen and oxygen atoms in total. The zero-order chi connectivity index (χ0) is 23.4. The van der Waals surface area contributed by atoms with E-state index in [1.807, 2.05) is 0 Å². The highest BCUT2D eigenvalue weighted by Gasteiger charge is 2.69. The summed E-state index contributed by atoms with van der Waals surface area (Å²) in [5, 5.41) is 21.6. The van der Waals surface area contributed by atoms with Crippen LogP contribution >= 0.6 is 0 Å². The van der Waals surface area contributed by atoms with Crippen molar-refractivity contribution in [2.24, 2.45) is 56.2 Å². The molecule has 2 heteroatoms. The average Bonchev–Trinajstić information content (AvgIpc) is 2.71. The van der Waals surface area contributed by atoms with Gasteiger partial charge in [-0.3, -0.25) is 0 Å². The van der Waals surface area contributed by atoms with E-state index in [4.69, 9.17) is 0 Å². The van der Waals surface area contributed by atoms with Gasteiger partial charge >= 0.3 is 0 Å². The summed E-state index contributed by atoms with van der Waals surface area (Å²) < 4.78 is 0. The van der Waals surface area contributed by atoms with Crippen molar-refractivity contribution in [3.8, 4) is 0 Å². The lowest BCUT2D eigenvalue weighted by atomic mass is 9.32. The van der Waals surface area contributed by atoms with Crippen molar-refractivity contribution in [3.63, 3.8) is 0 Å². The molecule has 0 heterocycles. The van der Waals surface area contributed by atoms with Gasteiger partial charge in [0.25, 0.3) is 0 Å². The average molecular weight is 445 g/mol. The van der Waals surface area contributed by atoms with Gasteiger partial charge < -0.3 is 10.2 Å². The first kappa shape index (κ1) is 23.7. The summed E-state index contributed by atoms with van der Waals surface area (Å²) >= 11 is 0. The van der Waals surface area contributed by atoms with E-state index in [9.17, 15) is 10.2 Å². The fourth-order valence-electron chi connectivity index (χ4n) is 11.7. The van der Waals surface area contributed by atoms with Crippen LogP contribution in [0.2, 0.25) is 0 Å². The van der Waals surface area contributed by atoms with Crippen LogP contribution in [0.4, 0.5) is 0 Å². The SMILES string of the molecule is CC1(C)CC[C@]2(CO)CC[C@H]3[C@]4(C)CC[C@@H]5C(C)(C)[C@@H](O)CC[C@]5(C)[C@@H]4CC[C@@]3(C)[C@@H]2C1. The number of rotatable bonds is 1. The molecule has 0 radical (unpaired) electrons. The molecule has 0 spiro atoms. The molecule has 5 rings (SSSR count). The number of aliphatic hydroxyl groups excluding tert-OH is 2. The second-order valence-corrected chi connectivity index (χ2v) is 15.6. The van der Waals surface area contributed by atoms with Gasteiger partial charge in [-0.15, -0.1) is 0 Å². The summed E-state index contributed by atoms with van der Waals surface area (Å²) in [4.78, 5) is 0. The predicted molar refractivity (Wildman–Crippen MR) is 132 cm³/mol. The van der Waals surface area contributed by atoms with E-state index in [0.717, 1.165) is 18.3 Å². The van der Waals surface area contributed by atoms with Crippen molar-refractivity contribution in [2.75, 3.05) is 6.61 Å². The lowest BCUT2D eigenvalue weighted by molar-refractivity contribution is -0.250. The Morgan fingerprint density at radius 3 is 1.72 bits per heavy atom. The highest BCUT2D eigenvalue weighted by molar-refractivity contribution is 5.18. The molecule has 5 fully saturated rings. The van der Waals surface area contributed by atoms with Gasteiger partial charge in [-0.1, -0.05) is 48.5 Å². The molecule has 5 aliphatic rings. The van der Waals surface area contributed by atoms with Crippen LogP contribution < -0.4 is 0 Å². The minimum absolute atomic E-state index is 0.0427. The van der Waals surface area contributed by atoms with Crippen LogP contribution in [0.15, 0.2) is 0 Å². The second-order valence-electron chi connectivity index (χ2n) is 15.6. The molecule has 9 atom stereocenters. The van der Waals surface area contributed by atoms with Crippen molar-refractivity contribution in [1.29, 1.82) is 0 Å². The minimum atomic E-state index is -0.136. The Balaban J connectivity index is 1.52. The van der Waals surface area contributed by atoms with Crippen LogP contribution in [0.3, 0.4) is 0 Å². The third kappa shape index (κ3) is 2.90. The van der Waals surface area contributed by atoms with Crippen molar-refractivity contribution in [3.05, 3.63) is 0 Å². The Morgan fingerprint density at radius 2 is 1.09 bits per heavy atom. The first-order chi connectivity index (χ1) is 14.8. The monoisotopic (exact) mass is 444 g/mol. The molecule has 5 saturated carbocycles. The van der Waals surface area contributed by atoms with Gasteiger partial charge in [0.15, 0.2) is 0 Å². The molecular weight excluding hydrogens is 392 g/mol. The zero-order valence-corrected chi connectivity index (χ0v) is 22.3. The van der Waals surface area contributed by atoms with Gasteiger partial charge in [-0.05, 0) is 127 Å². The summed E-state index contributed by atoms with van der Waals surface area (Å²) in [6.45, 7) is 18.1. The molecule has 0 aromatic heterocycles. The number of fused-ring (bicyclic) bond motifs is 7. The van der Waals surface area contributed by atoms with Gasteiger partial charge in [0, 0.05) is 6.61 Å². The Hall–Kier alpha value is -0.0800. The van der Waals surface area contributed by atoms with Gasteiger partial charge in [0.1, 0.15) is 0 Å². The third-order valence-electron chi connectivity index (χ3n) is 13.5. The van der Waals surface area contributed by atoms with Crippen molar-refractivity contribution in [2.45, 2.75) is 125 Å². The fraction of sp³-hybridized carbons (Fsp3) is 1.00. The van der Waals surface area contributed by atoms with Crippen LogP contribution in [-0.4, -0.2) is 22.9 Å². The van der Waals surface area contributed by atoms with Crippen LogP contribution in [0.1, 0.15) is 119 Å². The normalized spacial score (nSPS) is 56.3. The van der Waals surface area contributed by atoms with E-state index < -0.39 is 0 Å². The van der Waals surface area contributed by atoms with Crippen LogP contribution in [-0.2, 0) is 0 Å². The lowest BCUT2D eigenvalue weighted by Crippen LogP contribution is -2.66. The molecular formula is C30H52O2. The summed E-state index contributed by atoms with van der Waals surface area (Å²) in [5.74, 6) is 2.90. The summed E-state index contributed by atoms with van der Waals surface area (Å²) in [6, 6.07) is 0. The molecule has 0 amide bonds. The smallest absolute Gasteiger partial charge is 0.0594 e. The van der Waals surface area contributed by atoms with Crippen LogP contribution in [0.5, 0.6) is 0 Å². The Bertz CT molecular complexity index is 756. The number of hydrogen-bond donors (Lipinski definition) is 2. The maximum absolute atomic E-state index is 10.9. The Labute approximate surface area is 198 Å². The van der Waals surface area contributed by atoms with E-state index in [-0.39, 0.29) is 16.9 Å². The van der Waals surface area contributed by atoms with E-state index in [1.165, 1.54) is 64.2 Å². The molecule has 184 valence electrons. The first-order valence-corrected chi connectivity index (χ1v) is 14.0. The first-order valence-electron chi connectivity index (χ1n) is 14.0. The highest BCUT2D eigenvalue weighted by Crippen LogP contribution is 2.76. The largest absolute Gasteiger partial charge is 0.396 e. The summed E-state index contributed by atoms with van der Waals surface area (Å²) in [5.41, 5.74) is 1.80. The van der Waals surface area contributed by atoms with E-state index >= 15 is 0 Å². The van der Waals surface area contributed by atoms with Crippen LogP contribution in [0.25, 0.3) is 0 Å². The van der Waals surface area contributed by atoms with Crippen molar-refractivity contribution in [1.82, 2.24) is 0 Å². The Morgan fingerprint density at radius 1 is 0.594 bits per heavy atom. The molecule has 0 aromatic rings. The molecule has 0 bridgehead atoms. The number of aliphatic hydroxyl groups is 2. The van der Waals surface area contributed by atoms with Gasteiger partial charge in [-0.25, -0.2) is 0 Å². The lowest BCUT2D eigenvalue weighted by Gasteiger charge is -2.73. The maximum Gasteiger partial charge on any atom is 0.0594 e. The molecule has 2 N–H and O–H groups in total. The third-order valence-corrected chi connectivity index (χ3v) is 13.5. The van der Waals surface area contributed by atoms with Gasteiger partial charge in [0.05, 0.1) is 6.10 Å². The van der Waals surface area contributed by atoms with E-state index in [1.54, 1.807) is 0 Å². The molecule has 32 heavy (non-hydrogen) atoms. The topological polar surface area (TPSA) is 40.5 Å². The highest BCUT2D eigenvalue weighted by atomic mass is 16.3. The fourth-order valence-corrected chi connectivity index (χ4v) is 11.7. The molecule has 0 aromatic carbocycles. The second kappa shape index (κ2) is 6.99. The quantitative estimate of drug-likeness (QED) is 0.448. The van der Waals surface area contributed by atoms with Crippen LogP contribution in [0, 0.1) is 56.2 Å². The van der Waals surface area contributed by atoms with Crippen molar-refractivity contribution < 1.29 is 10.2 Å². The van der Waals surface area contributed by atoms with E-state index in [2.05, 4.69) is 48.5 Å². The van der Waals surface area contributed by atoms with Gasteiger partial charge in [-0.2, -0.15) is 0 Å². The van der Waals surface area contributed by atoms with Gasteiger partial charge in [0.2, 0.25) is 0 Å².